The standard InChI is InChI=1S/C10H10O3/c11-7-3-1-6-2-4-9(12)10(13)8(6)5-7/h1-5,9-13H/t9-,10+/m0/s1. The van der Waals surface area contributed by atoms with Crippen molar-refractivity contribution in [2.24, 2.45) is 0 Å². The Labute approximate surface area is 75.6 Å². The molecule has 0 radical (unpaired) electrons. The van der Waals surface area contributed by atoms with Gasteiger partial charge in [0.25, 0.3) is 0 Å². The number of phenols is 1. The van der Waals surface area contributed by atoms with E-state index in [1.54, 1.807) is 18.2 Å². The molecule has 2 rings (SSSR count). The normalized spacial score (nSPS) is 25.7. The Balaban J connectivity index is 2.54. The van der Waals surface area contributed by atoms with Gasteiger partial charge in [-0.15, -0.1) is 0 Å². The van der Waals surface area contributed by atoms with Gasteiger partial charge < -0.3 is 15.3 Å². The van der Waals surface area contributed by atoms with E-state index in [0.29, 0.717) is 5.56 Å². The van der Waals surface area contributed by atoms with Crippen LogP contribution in [0, 0.1) is 0 Å². The van der Waals surface area contributed by atoms with Gasteiger partial charge in [-0.05, 0) is 23.3 Å². The van der Waals surface area contributed by atoms with Gasteiger partial charge in [0, 0.05) is 0 Å². The van der Waals surface area contributed by atoms with Crippen LogP contribution in [0.1, 0.15) is 17.2 Å². The molecule has 3 nitrogen and oxygen atoms in total. The van der Waals surface area contributed by atoms with E-state index in [9.17, 15) is 15.3 Å². The van der Waals surface area contributed by atoms with Gasteiger partial charge in [-0.2, -0.15) is 0 Å². The predicted molar refractivity (Wildman–Crippen MR) is 48.1 cm³/mol. The number of aliphatic hydroxyl groups excluding tert-OH is 2. The monoisotopic (exact) mass is 178 g/mol. The Bertz CT molecular complexity index is 357. The summed E-state index contributed by atoms with van der Waals surface area (Å²) in [7, 11) is 0. The van der Waals surface area contributed by atoms with Crippen LogP contribution in [0.2, 0.25) is 0 Å². The van der Waals surface area contributed by atoms with Gasteiger partial charge in [-0.25, -0.2) is 0 Å². The summed E-state index contributed by atoms with van der Waals surface area (Å²) in [6, 6.07) is 4.72. The SMILES string of the molecule is Oc1ccc2c(c1)[C@@H](O)[C@@H](O)C=C2. The Kier molecular flexibility index (Phi) is 1.83. The van der Waals surface area contributed by atoms with Crippen LogP contribution < -0.4 is 0 Å². The minimum atomic E-state index is -0.938. The van der Waals surface area contributed by atoms with E-state index >= 15 is 0 Å². The molecule has 0 aromatic heterocycles. The van der Waals surface area contributed by atoms with Crippen molar-refractivity contribution in [2.75, 3.05) is 0 Å². The van der Waals surface area contributed by atoms with Crippen molar-refractivity contribution in [1.82, 2.24) is 0 Å². The maximum Gasteiger partial charge on any atom is 0.115 e. The van der Waals surface area contributed by atoms with Crippen molar-refractivity contribution in [3.63, 3.8) is 0 Å². The lowest BCUT2D eigenvalue weighted by molar-refractivity contribution is 0.0469. The van der Waals surface area contributed by atoms with Gasteiger partial charge in [0.1, 0.15) is 18.0 Å². The maximum absolute atomic E-state index is 9.54. The Morgan fingerprint density at radius 1 is 1.15 bits per heavy atom. The molecule has 68 valence electrons. The van der Waals surface area contributed by atoms with E-state index in [0.717, 1.165) is 5.56 Å². The second-order valence-electron chi connectivity index (χ2n) is 3.11. The molecule has 0 heterocycles. The van der Waals surface area contributed by atoms with Crippen LogP contribution in [-0.4, -0.2) is 21.4 Å². The highest BCUT2D eigenvalue weighted by atomic mass is 16.3. The number of phenolic OH excluding ortho intramolecular Hbond substituents is 1. The summed E-state index contributed by atoms with van der Waals surface area (Å²) in [5.41, 5.74) is 1.39. The third-order valence-corrected chi connectivity index (χ3v) is 2.19. The zero-order valence-corrected chi connectivity index (χ0v) is 6.88. The Hall–Kier alpha value is -1.32. The van der Waals surface area contributed by atoms with E-state index < -0.39 is 12.2 Å². The number of aromatic hydroxyl groups is 1. The molecule has 0 saturated carbocycles. The fraction of sp³-hybridized carbons (Fsp3) is 0.200. The number of benzene rings is 1. The summed E-state index contributed by atoms with van der Waals surface area (Å²) in [5.74, 6) is 0.0975. The molecule has 13 heavy (non-hydrogen) atoms. The van der Waals surface area contributed by atoms with Crippen LogP contribution in [-0.2, 0) is 0 Å². The fourth-order valence-corrected chi connectivity index (χ4v) is 1.46. The third kappa shape index (κ3) is 1.32. The molecule has 1 aromatic carbocycles. The first-order valence-electron chi connectivity index (χ1n) is 4.06. The lowest BCUT2D eigenvalue weighted by Gasteiger charge is -2.21. The second-order valence-corrected chi connectivity index (χ2v) is 3.11. The van der Waals surface area contributed by atoms with Crippen molar-refractivity contribution >= 4 is 6.08 Å². The molecular weight excluding hydrogens is 168 g/mol. The first-order chi connectivity index (χ1) is 6.18. The smallest absolute Gasteiger partial charge is 0.115 e. The molecule has 2 atom stereocenters. The molecule has 1 aliphatic rings. The van der Waals surface area contributed by atoms with Crippen molar-refractivity contribution in [1.29, 1.82) is 0 Å². The van der Waals surface area contributed by atoms with Gasteiger partial charge in [0.2, 0.25) is 0 Å². The quantitative estimate of drug-likeness (QED) is 0.551. The molecule has 0 unspecified atom stereocenters. The number of aliphatic hydroxyl groups is 2. The van der Waals surface area contributed by atoms with E-state index in [-0.39, 0.29) is 5.75 Å². The average molecular weight is 178 g/mol. The number of rotatable bonds is 0. The topological polar surface area (TPSA) is 60.7 Å². The van der Waals surface area contributed by atoms with Crippen LogP contribution in [0.5, 0.6) is 5.75 Å². The molecule has 0 amide bonds. The largest absolute Gasteiger partial charge is 0.508 e. The van der Waals surface area contributed by atoms with Gasteiger partial charge in [-0.3, -0.25) is 0 Å². The second kappa shape index (κ2) is 2.87. The van der Waals surface area contributed by atoms with Crippen LogP contribution in [0.3, 0.4) is 0 Å². The highest BCUT2D eigenvalue weighted by Gasteiger charge is 2.22. The van der Waals surface area contributed by atoms with Crippen LogP contribution in [0.25, 0.3) is 6.08 Å². The molecule has 0 saturated heterocycles. The van der Waals surface area contributed by atoms with Gasteiger partial charge >= 0.3 is 0 Å². The number of hydrogen-bond donors (Lipinski definition) is 3. The summed E-state index contributed by atoms with van der Waals surface area (Å²) in [4.78, 5) is 0. The molecule has 0 aliphatic heterocycles. The summed E-state index contributed by atoms with van der Waals surface area (Å²) in [6.45, 7) is 0. The zero-order chi connectivity index (χ0) is 9.42. The van der Waals surface area contributed by atoms with Crippen LogP contribution in [0.15, 0.2) is 24.3 Å². The number of hydrogen-bond acceptors (Lipinski definition) is 3. The number of fused-ring (bicyclic) bond motifs is 1. The maximum atomic E-state index is 9.54. The van der Waals surface area contributed by atoms with Crippen molar-refractivity contribution < 1.29 is 15.3 Å². The predicted octanol–water partition coefficient (Wildman–Crippen LogP) is 0.813. The van der Waals surface area contributed by atoms with Crippen molar-refractivity contribution in [3.05, 3.63) is 35.4 Å². The molecular formula is C10H10O3. The Morgan fingerprint density at radius 3 is 2.69 bits per heavy atom. The van der Waals surface area contributed by atoms with E-state index in [4.69, 9.17) is 0 Å². The van der Waals surface area contributed by atoms with Gasteiger partial charge in [0.05, 0.1) is 0 Å². The van der Waals surface area contributed by atoms with Crippen LogP contribution in [0.4, 0.5) is 0 Å². The fourth-order valence-electron chi connectivity index (χ4n) is 1.46. The molecule has 0 fully saturated rings. The Morgan fingerprint density at radius 2 is 1.92 bits per heavy atom. The molecule has 3 heteroatoms. The summed E-state index contributed by atoms with van der Waals surface area (Å²) in [6.07, 6.45) is 1.44. The van der Waals surface area contributed by atoms with Gasteiger partial charge in [0.15, 0.2) is 0 Å². The minimum absolute atomic E-state index is 0.0975. The summed E-state index contributed by atoms with van der Waals surface area (Å²) in [5, 5.41) is 28.0. The minimum Gasteiger partial charge on any atom is -0.508 e. The first kappa shape index (κ1) is 8.29. The highest BCUT2D eigenvalue weighted by molar-refractivity contribution is 5.59. The molecule has 1 aliphatic carbocycles. The van der Waals surface area contributed by atoms with Crippen molar-refractivity contribution in [2.45, 2.75) is 12.2 Å². The molecule has 0 spiro atoms. The average Bonchev–Trinajstić information content (AvgIpc) is 2.12. The molecule has 3 N–H and O–H groups in total. The first-order valence-corrected chi connectivity index (χ1v) is 4.06. The van der Waals surface area contributed by atoms with E-state index in [1.165, 1.54) is 12.1 Å². The molecule has 0 bridgehead atoms. The van der Waals surface area contributed by atoms with E-state index in [1.807, 2.05) is 0 Å². The lowest BCUT2D eigenvalue weighted by atomic mass is 9.93. The summed E-state index contributed by atoms with van der Waals surface area (Å²) < 4.78 is 0. The molecule has 1 aromatic rings. The summed E-state index contributed by atoms with van der Waals surface area (Å²) >= 11 is 0. The van der Waals surface area contributed by atoms with Crippen molar-refractivity contribution in [3.8, 4) is 5.75 Å². The van der Waals surface area contributed by atoms with Crippen LogP contribution >= 0.6 is 0 Å². The van der Waals surface area contributed by atoms with Gasteiger partial charge in [-0.1, -0.05) is 18.2 Å². The highest BCUT2D eigenvalue weighted by Crippen LogP contribution is 2.30. The lowest BCUT2D eigenvalue weighted by Crippen LogP contribution is -2.19. The third-order valence-electron chi connectivity index (χ3n) is 2.19. The van der Waals surface area contributed by atoms with E-state index in [2.05, 4.69) is 0 Å². The zero-order valence-electron chi connectivity index (χ0n) is 6.88.